The molecule has 1 N–H and O–H groups in total. The molecule has 1 fully saturated rings. The van der Waals surface area contributed by atoms with Crippen molar-refractivity contribution in [1.82, 2.24) is 14.9 Å². The summed E-state index contributed by atoms with van der Waals surface area (Å²) in [7, 11) is 0. The predicted molar refractivity (Wildman–Crippen MR) is 87.7 cm³/mol. The highest BCUT2D eigenvalue weighted by Gasteiger charge is 2.33. The topological polar surface area (TPSA) is 29.9 Å². The van der Waals surface area contributed by atoms with Gasteiger partial charge < -0.3 is 9.88 Å². The van der Waals surface area contributed by atoms with Crippen molar-refractivity contribution >= 4 is 0 Å². The Morgan fingerprint density at radius 3 is 2.86 bits per heavy atom. The molecule has 3 nitrogen and oxygen atoms in total. The second-order valence-electron chi connectivity index (χ2n) is 7.18. The maximum atomic E-state index is 4.90. The normalized spacial score (nSPS) is 29.4. The Kier molecular flexibility index (Phi) is 4.68. The Hall–Kier alpha value is -0.830. The van der Waals surface area contributed by atoms with E-state index in [1.165, 1.54) is 62.9 Å². The summed E-state index contributed by atoms with van der Waals surface area (Å²) in [5.74, 6) is 2.10. The summed E-state index contributed by atoms with van der Waals surface area (Å²) in [6, 6.07) is 1.26. The molecule has 3 unspecified atom stereocenters. The van der Waals surface area contributed by atoms with Crippen LogP contribution in [0.25, 0.3) is 0 Å². The molecule has 1 aromatic rings. The van der Waals surface area contributed by atoms with Crippen LogP contribution in [0.1, 0.15) is 75.6 Å². The molecule has 21 heavy (non-hydrogen) atoms. The molecule has 0 aliphatic heterocycles. The van der Waals surface area contributed by atoms with Gasteiger partial charge in [-0.1, -0.05) is 13.8 Å². The van der Waals surface area contributed by atoms with Crippen molar-refractivity contribution in [2.75, 3.05) is 6.54 Å². The average molecular weight is 289 g/mol. The third-order valence-corrected chi connectivity index (χ3v) is 5.41. The summed E-state index contributed by atoms with van der Waals surface area (Å²) in [4.78, 5) is 4.90. The molecule has 3 rings (SSSR count). The van der Waals surface area contributed by atoms with Crippen LogP contribution in [0, 0.1) is 12.8 Å². The Labute approximate surface area is 129 Å². The molecule has 0 saturated heterocycles. The summed E-state index contributed by atoms with van der Waals surface area (Å²) in [5, 5.41) is 3.82. The first-order chi connectivity index (χ1) is 10.2. The van der Waals surface area contributed by atoms with E-state index in [0.29, 0.717) is 12.1 Å². The number of aromatic nitrogens is 2. The van der Waals surface area contributed by atoms with Crippen LogP contribution in [0.2, 0.25) is 0 Å². The molecule has 3 heteroatoms. The SMILES string of the molecule is CCCNC1CCC(C)CC1n1c(C)nc2c1CCCC2. The van der Waals surface area contributed by atoms with Crippen molar-refractivity contribution in [2.24, 2.45) is 5.92 Å². The number of nitrogens with one attached hydrogen (secondary N) is 1. The number of aryl methyl sites for hydroxylation is 2. The van der Waals surface area contributed by atoms with E-state index in [2.05, 4.69) is 30.7 Å². The van der Waals surface area contributed by atoms with Gasteiger partial charge in [-0.05, 0) is 70.8 Å². The maximum absolute atomic E-state index is 4.90. The fourth-order valence-electron chi connectivity index (χ4n) is 4.34. The second kappa shape index (κ2) is 6.51. The molecule has 0 radical (unpaired) electrons. The lowest BCUT2D eigenvalue weighted by Crippen LogP contribution is -2.42. The van der Waals surface area contributed by atoms with E-state index < -0.39 is 0 Å². The Morgan fingerprint density at radius 2 is 2.05 bits per heavy atom. The molecule has 1 heterocycles. The maximum Gasteiger partial charge on any atom is 0.106 e. The van der Waals surface area contributed by atoms with E-state index in [-0.39, 0.29) is 0 Å². The minimum Gasteiger partial charge on any atom is -0.327 e. The van der Waals surface area contributed by atoms with Crippen molar-refractivity contribution in [3.63, 3.8) is 0 Å². The minimum absolute atomic E-state index is 0.620. The summed E-state index contributed by atoms with van der Waals surface area (Å²) >= 11 is 0. The number of fused-ring (bicyclic) bond motifs is 1. The monoisotopic (exact) mass is 289 g/mol. The van der Waals surface area contributed by atoms with Gasteiger partial charge in [-0.2, -0.15) is 0 Å². The van der Waals surface area contributed by atoms with Crippen LogP contribution >= 0.6 is 0 Å². The molecular formula is C18H31N3. The van der Waals surface area contributed by atoms with Crippen molar-refractivity contribution < 1.29 is 0 Å². The zero-order valence-electron chi connectivity index (χ0n) is 14.0. The highest BCUT2D eigenvalue weighted by molar-refractivity contribution is 5.21. The molecular weight excluding hydrogens is 258 g/mol. The Bertz CT molecular complexity index is 475. The first-order valence-electron chi connectivity index (χ1n) is 9.00. The molecule has 3 atom stereocenters. The van der Waals surface area contributed by atoms with Crippen LogP contribution in [-0.2, 0) is 12.8 Å². The minimum atomic E-state index is 0.620. The highest BCUT2D eigenvalue weighted by Crippen LogP contribution is 2.36. The predicted octanol–water partition coefficient (Wildman–Crippen LogP) is 3.80. The molecule has 1 aromatic heterocycles. The van der Waals surface area contributed by atoms with Crippen LogP contribution in [0.5, 0.6) is 0 Å². The van der Waals surface area contributed by atoms with Gasteiger partial charge in [0, 0.05) is 11.7 Å². The van der Waals surface area contributed by atoms with Crippen molar-refractivity contribution in [3.05, 3.63) is 17.2 Å². The number of imidazole rings is 1. The van der Waals surface area contributed by atoms with Crippen molar-refractivity contribution in [1.29, 1.82) is 0 Å². The second-order valence-corrected chi connectivity index (χ2v) is 7.18. The average Bonchev–Trinajstić information content (AvgIpc) is 2.81. The lowest BCUT2D eigenvalue weighted by molar-refractivity contribution is 0.210. The summed E-state index contributed by atoms with van der Waals surface area (Å²) in [5.41, 5.74) is 2.95. The number of hydrogen-bond donors (Lipinski definition) is 1. The van der Waals surface area contributed by atoms with Crippen molar-refractivity contribution in [2.45, 2.75) is 84.2 Å². The Balaban J connectivity index is 1.89. The summed E-state index contributed by atoms with van der Waals surface area (Å²) < 4.78 is 2.62. The molecule has 0 spiro atoms. The standard InChI is InChI=1S/C18H31N3/c1-4-11-19-15-10-9-13(2)12-18(15)21-14(3)20-16-7-5-6-8-17(16)21/h13,15,18-19H,4-12H2,1-3H3. The van der Waals surface area contributed by atoms with Gasteiger partial charge in [-0.3, -0.25) is 0 Å². The van der Waals surface area contributed by atoms with Crippen LogP contribution in [0.4, 0.5) is 0 Å². The fraction of sp³-hybridized carbons (Fsp3) is 0.833. The number of hydrogen-bond acceptors (Lipinski definition) is 2. The third kappa shape index (κ3) is 3.03. The number of nitrogens with zero attached hydrogens (tertiary/aromatic N) is 2. The van der Waals surface area contributed by atoms with Gasteiger partial charge >= 0.3 is 0 Å². The van der Waals surface area contributed by atoms with Gasteiger partial charge in [0.05, 0.1) is 11.7 Å². The van der Waals surface area contributed by atoms with E-state index in [1.807, 2.05) is 0 Å². The van der Waals surface area contributed by atoms with E-state index >= 15 is 0 Å². The van der Waals surface area contributed by atoms with Gasteiger partial charge in [-0.15, -0.1) is 0 Å². The van der Waals surface area contributed by atoms with Crippen LogP contribution in [0.15, 0.2) is 0 Å². The van der Waals surface area contributed by atoms with Gasteiger partial charge in [0.15, 0.2) is 0 Å². The summed E-state index contributed by atoms with van der Waals surface area (Å²) in [6.45, 7) is 8.04. The fourth-order valence-corrected chi connectivity index (χ4v) is 4.34. The number of rotatable bonds is 4. The van der Waals surface area contributed by atoms with Gasteiger partial charge in [0.25, 0.3) is 0 Å². The molecule has 2 aliphatic carbocycles. The van der Waals surface area contributed by atoms with E-state index in [4.69, 9.17) is 4.98 Å². The van der Waals surface area contributed by atoms with Gasteiger partial charge in [0.2, 0.25) is 0 Å². The highest BCUT2D eigenvalue weighted by atomic mass is 15.2. The molecule has 1 saturated carbocycles. The largest absolute Gasteiger partial charge is 0.327 e. The van der Waals surface area contributed by atoms with E-state index in [0.717, 1.165) is 12.5 Å². The zero-order chi connectivity index (χ0) is 14.8. The Morgan fingerprint density at radius 1 is 1.24 bits per heavy atom. The first kappa shape index (κ1) is 15.1. The lowest BCUT2D eigenvalue weighted by Gasteiger charge is -2.38. The van der Waals surface area contributed by atoms with Gasteiger partial charge in [-0.25, -0.2) is 4.98 Å². The van der Waals surface area contributed by atoms with E-state index in [1.54, 1.807) is 5.69 Å². The third-order valence-electron chi connectivity index (χ3n) is 5.41. The van der Waals surface area contributed by atoms with E-state index in [9.17, 15) is 0 Å². The van der Waals surface area contributed by atoms with Gasteiger partial charge in [0.1, 0.15) is 5.82 Å². The summed E-state index contributed by atoms with van der Waals surface area (Å²) in [6.07, 6.45) is 10.3. The van der Waals surface area contributed by atoms with Crippen molar-refractivity contribution in [3.8, 4) is 0 Å². The quantitative estimate of drug-likeness (QED) is 0.913. The molecule has 0 amide bonds. The smallest absolute Gasteiger partial charge is 0.106 e. The molecule has 118 valence electrons. The van der Waals surface area contributed by atoms with Crippen LogP contribution < -0.4 is 5.32 Å². The molecule has 0 bridgehead atoms. The first-order valence-corrected chi connectivity index (χ1v) is 9.00. The molecule has 0 aromatic carbocycles. The van der Waals surface area contributed by atoms with Crippen LogP contribution in [-0.4, -0.2) is 22.1 Å². The zero-order valence-corrected chi connectivity index (χ0v) is 14.0. The van der Waals surface area contributed by atoms with Crippen LogP contribution in [0.3, 0.4) is 0 Å². The lowest BCUT2D eigenvalue weighted by atomic mass is 9.82. The molecule has 2 aliphatic rings.